The summed E-state index contributed by atoms with van der Waals surface area (Å²) < 4.78 is 5.37. The fraction of sp³-hybridized carbons (Fsp3) is 0.533. The number of hydrogen-bond acceptors (Lipinski definition) is 3. The van der Waals surface area contributed by atoms with Crippen molar-refractivity contribution in [2.75, 3.05) is 26.3 Å². The fourth-order valence-corrected chi connectivity index (χ4v) is 2.94. The van der Waals surface area contributed by atoms with Crippen molar-refractivity contribution < 1.29 is 9.53 Å². The van der Waals surface area contributed by atoms with Crippen molar-refractivity contribution >= 4 is 29.0 Å². The van der Waals surface area contributed by atoms with Crippen molar-refractivity contribution in [2.24, 2.45) is 0 Å². The summed E-state index contributed by atoms with van der Waals surface area (Å²) in [4.78, 5) is 15.1. The number of nitrogens with zero attached hydrogens (tertiary/aromatic N) is 1. The molecule has 0 bridgehead atoms. The number of hydrogen-bond donors (Lipinski definition) is 0. The maximum atomic E-state index is 12.9. The van der Waals surface area contributed by atoms with E-state index in [1.165, 1.54) is 0 Å². The molecule has 0 saturated carbocycles. The number of ketones is 1. The van der Waals surface area contributed by atoms with Gasteiger partial charge in [0.25, 0.3) is 0 Å². The van der Waals surface area contributed by atoms with Crippen LogP contribution in [0.3, 0.4) is 0 Å². The van der Waals surface area contributed by atoms with E-state index in [0.29, 0.717) is 35.2 Å². The van der Waals surface area contributed by atoms with E-state index >= 15 is 0 Å². The summed E-state index contributed by atoms with van der Waals surface area (Å²) in [5, 5.41) is 0.755. The molecule has 20 heavy (non-hydrogen) atoms. The molecule has 1 fully saturated rings. The van der Waals surface area contributed by atoms with Crippen LogP contribution in [0.5, 0.6) is 0 Å². The van der Waals surface area contributed by atoms with Gasteiger partial charge >= 0.3 is 0 Å². The maximum absolute atomic E-state index is 12.9. The highest BCUT2D eigenvalue weighted by molar-refractivity contribution is 6.44. The van der Waals surface area contributed by atoms with Gasteiger partial charge < -0.3 is 4.74 Å². The molecule has 1 aromatic rings. The van der Waals surface area contributed by atoms with E-state index in [-0.39, 0.29) is 5.78 Å². The lowest BCUT2D eigenvalue weighted by atomic mass is 9.86. The molecule has 0 aromatic heterocycles. The second kappa shape index (κ2) is 6.44. The fourth-order valence-electron chi connectivity index (χ4n) is 2.55. The van der Waals surface area contributed by atoms with Crippen molar-refractivity contribution in [1.82, 2.24) is 4.90 Å². The first-order chi connectivity index (χ1) is 9.50. The molecule has 1 unspecified atom stereocenters. The molecule has 0 aliphatic carbocycles. The molecule has 0 radical (unpaired) electrons. The molecule has 0 spiro atoms. The Balaban J connectivity index is 2.34. The molecule has 1 aliphatic heterocycles. The number of benzene rings is 1. The highest BCUT2D eigenvalue weighted by Gasteiger charge is 2.39. The molecule has 0 amide bonds. The van der Waals surface area contributed by atoms with Crippen LogP contribution in [0.2, 0.25) is 10.0 Å². The number of carbonyl (C=O) groups is 1. The number of ether oxygens (including phenoxy) is 1. The van der Waals surface area contributed by atoms with Crippen LogP contribution < -0.4 is 0 Å². The van der Waals surface area contributed by atoms with Gasteiger partial charge in [-0.3, -0.25) is 9.69 Å². The van der Waals surface area contributed by atoms with Gasteiger partial charge in [-0.25, -0.2) is 0 Å². The molecule has 3 nitrogen and oxygen atoms in total. The summed E-state index contributed by atoms with van der Waals surface area (Å²) in [6.45, 7) is 6.82. The molecule has 5 heteroatoms. The van der Waals surface area contributed by atoms with Gasteiger partial charge in [-0.05, 0) is 25.5 Å². The average Bonchev–Trinajstić information content (AvgIpc) is 2.49. The van der Waals surface area contributed by atoms with E-state index < -0.39 is 5.54 Å². The topological polar surface area (TPSA) is 29.5 Å². The summed E-state index contributed by atoms with van der Waals surface area (Å²) in [5.41, 5.74) is -0.0759. The van der Waals surface area contributed by atoms with Gasteiger partial charge in [-0.1, -0.05) is 36.2 Å². The highest BCUT2D eigenvalue weighted by atomic mass is 35.5. The van der Waals surface area contributed by atoms with Crippen LogP contribution in [0.4, 0.5) is 0 Å². The monoisotopic (exact) mass is 315 g/mol. The molecule has 0 N–H and O–H groups in total. The molecule has 1 aliphatic rings. The minimum Gasteiger partial charge on any atom is -0.379 e. The largest absolute Gasteiger partial charge is 0.379 e. The second-order valence-corrected chi connectivity index (χ2v) is 5.94. The Morgan fingerprint density at radius 3 is 2.60 bits per heavy atom. The first-order valence-corrected chi connectivity index (χ1v) is 7.58. The zero-order valence-electron chi connectivity index (χ0n) is 11.8. The van der Waals surface area contributed by atoms with Crippen molar-refractivity contribution in [3.63, 3.8) is 0 Å². The second-order valence-electron chi connectivity index (χ2n) is 5.16. The SMILES string of the molecule is CCC(C)(C(=O)c1cccc(Cl)c1Cl)N1CCOCC1. The first kappa shape index (κ1) is 15.8. The van der Waals surface area contributed by atoms with Gasteiger partial charge in [0.1, 0.15) is 0 Å². The quantitative estimate of drug-likeness (QED) is 0.794. The van der Waals surface area contributed by atoms with Crippen LogP contribution >= 0.6 is 23.2 Å². The van der Waals surface area contributed by atoms with Gasteiger partial charge in [0.2, 0.25) is 0 Å². The molecule has 1 aromatic carbocycles. The number of halogens is 2. The Morgan fingerprint density at radius 2 is 2.00 bits per heavy atom. The van der Waals surface area contributed by atoms with E-state index in [2.05, 4.69) is 4.90 Å². The van der Waals surface area contributed by atoms with Crippen LogP contribution in [0.1, 0.15) is 30.6 Å². The average molecular weight is 316 g/mol. The molecule has 2 rings (SSSR count). The Hall–Kier alpha value is -0.610. The summed E-state index contributed by atoms with van der Waals surface area (Å²) in [7, 11) is 0. The first-order valence-electron chi connectivity index (χ1n) is 6.82. The zero-order chi connectivity index (χ0) is 14.8. The van der Waals surface area contributed by atoms with E-state index in [1.54, 1.807) is 18.2 Å². The molecular formula is C15H19Cl2NO2. The molecule has 110 valence electrons. The lowest BCUT2D eigenvalue weighted by molar-refractivity contribution is -0.0106. The third kappa shape index (κ3) is 2.86. The minimum absolute atomic E-state index is 0.0226. The minimum atomic E-state index is -0.571. The van der Waals surface area contributed by atoms with Crippen LogP contribution in [-0.4, -0.2) is 42.5 Å². The Bertz CT molecular complexity index is 501. The summed E-state index contributed by atoms with van der Waals surface area (Å²) in [6.07, 6.45) is 0.717. The van der Waals surface area contributed by atoms with Gasteiger partial charge in [0.15, 0.2) is 5.78 Å². The van der Waals surface area contributed by atoms with Crippen LogP contribution in [0.25, 0.3) is 0 Å². The smallest absolute Gasteiger partial charge is 0.184 e. The summed E-state index contributed by atoms with van der Waals surface area (Å²) in [5.74, 6) is 0.0226. The lowest BCUT2D eigenvalue weighted by Crippen LogP contribution is -2.56. The van der Waals surface area contributed by atoms with Crippen LogP contribution in [0, 0.1) is 0 Å². The standard InChI is InChI=1S/C15H19Cl2NO2/c1-3-15(2,18-7-9-20-10-8-18)14(19)11-5-4-6-12(16)13(11)17/h4-6H,3,7-10H2,1-2H3. The van der Waals surface area contributed by atoms with Crippen molar-refractivity contribution in [3.8, 4) is 0 Å². The predicted octanol–water partition coefficient (Wildman–Crippen LogP) is 3.68. The van der Waals surface area contributed by atoms with Crippen LogP contribution in [0.15, 0.2) is 18.2 Å². The van der Waals surface area contributed by atoms with E-state index in [4.69, 9.17) is 27.9 Å². The summed E-state index contributed by atoms with van der Waals surface area (Å²) in [6, 6.07) is 5.19. The van der Waals surface area contributed by atoms with Crippen molar-refractivity contribution in [2.45, 2.75) is 25.8 Å². The molecule has 1 atom stereocenters. The molecular weight excluding hydrogens is 297 g/mol. The van der Waals surface area contributed by atoms with E-state index in [0.717, 1.165) is 13.1 Å². The molecule has 1 saturated heterocycles. The number of rotatable bonds is 4. The lowest BCUT2D eigenvalue weighted by Gasteiger charge is -2.41. The predicted molar refractivity (Wildman–Crippen MR) is 81.9 cm³/mol. The maximum Gasteiger partial charge on any atom is 0.184 e. The van der Waals surface area contributed by atoms with Gasteiger partial charge in [-0.15, -0.1) is 0 Å². The number of morpholine rings is 1. The molecule has 1 heterocycles. The Morgan fingerprint density at radius 1 is 1.35 bits per heavy atom. The Labute approximate surface area is 129 Å². The van der Waals surface area contributed by atoms with Crippen LogP contribution in [-0.2, 0) is 4.74 Å². The summed E-state index contributed by atoms with van der Waals surface area (Å²) >= 11 is 12.2. The van der Waals surface area contributed by atoms with E-state index in [9.17, 15) is 4.79 Å². The number of Topliss-reactive ketones (excluding diaryl/α,β-unsaturated/α-hetero) is 1. The van der Waals surface area contributed by atoms with Crippen molar-refractivity contribution in [1.29, 1.82) is 0 Å². The van der Waals surface area contributed by atoms with E-state index in [1.807, 2.05) is 13.8 Å². The van der Waals surface area contributed by atoms with Gasteiger partial charge in [0, 0.05) is 18.7 Å². The van der Waals surface area contributed by atoms with Crippen molar-refractivity contribution in [3.05, 3.63) is 33.8 Å². The normalized spacial score (nSPS) is 19.6. The zero-order valence-corrected chi connectivity index (χ0v) is 13.3. The Kier molecular flexibility index (Phi) is 5.08. The third-order valence-electron chi connectivity index (χ3n) is 4.08. The number of carbonyl (C=O) groups excluding carboxylic acids is 1. The van der Waals surface area contributed by atoms with Gasteiger partial charge in [0.05, 0.1) is 28.8 Å². The third-order valence-corrected chi connectivity index (χ3v) is 4.90. The highest BCUT2D eigenvalue weighted by Crippen LogP contribution is 2.32. The van der Waals surface area contributed by atoms with Gasteiger partial charge in [-0.2, -0.15) is 0 Å².